The van der Waals surface area contributed by atoms with Gasteiger partial charge in [-0.15, -0.1) is 11.3 Å². The first-order valence-corrected chi connectivity index (χ1v) is 9.60. The third-order valence-electron chi connectivity index (χ3n) is 3.93. The van der Waals surface area contributed by atoms with Crippen LogP contribution < -0.4 is 5.32 Å². The smallest absolute Gasteiger partial charge is 0.342 e. The maximum absolute atomic E-state index is 12.7. The van der Waals surface area contributed by atoms with Gasteiger partial charge in [-0.3, -0.25) is 9.48 Å². The molecule has 0 aliphatic heterocycles. The number of thiophene rings is 1. The van der Waals surface area contributed by atoms with E-state index in [1.807, 2.05) is 54.8 Å². The molecule has 0 saturated carbocycles. The second-order valence-corrected chi connectivity index (χ2v) is 6.94. The first-order chi connectivity index (χ1) is 13.1. The highest BCUT2D eigenvalue weighted by molar-refractivity contribution is 7.13. The SMILES string of the molecule is CCNC(=O)[C@@H](C)OC(=O)c1cn(Cc2ccccc2)nc1-c1cccs1. The van der Waals surface area contributed by atoms with Gasteiger partial charge in [0.2, 0.25) is 0 Å². The molecule has 6 nitrogen and oxygen atoms in total. The summed E-state index contributed by atoms with van der Waals surface area (Å²) in [5.74, 6) is -0.878. The van der Waals surface area contributed by atoms with E-state index in [2.05, 4.69) is 10.4 Å². The van der Waals surface area contributed by atoms with Gasteiger partial charge in [0.15, 0.2) is 6.10 Å². The summed E-state index contributed by atoms with van der Waals surface area (Å²) in [6, 6.07) is 13.7. The Hall–Kier alpha value is -2.93. The molecule has 0 spiro atoms. The van der Waals surface area contributed by atoms with Crippen LogP contribution in [0.5, 0.6) is 0 Å². The summed E-state index contributed by atoms with van der Waals surface area (Å²) >= 11 is 1.50. The number of rotatable bonds is 7. The van der Waals surface area contributed by atoms with Crippen molar-refractivity contribution in [2.24, 2.45) is 0 Å². The van der Waals surface area contributed by atoms with Crippen LogP contribution in [0.4, 0.5) is 0 Å². The second kappa shape index (κ2) is 8.64. The fourth-order valence-electron chi connectivity index (χ4n) is 2.61. The predicted octanol–water partition coefficient (Wildman–Crippen LogP) is 3.34. The molecule has 0 bridgehead atoms. The fourth-order valence-corrected chi connectivity index (χ4v) is 3.34. The summed E-state index contributed by atoms with van der Waals surface area (Å²) in [5.41, 5.74) is 1.99. The van der Waals surface area contributed by atoms with Crippen LogP contribution in [-0.2, 0) is 16.1 Å². The topological polar surface area (TPSA) is 73.2 Å². The highest BCUT2D eigenvalue weighted by Crippen LogP contribution is 2.27. The standard InChI is InChI=1S/C20H21N3O3S/c1-3-21-19(24)14(2)26-20(25)16-13-23(12-15-8-5-4-6-9-15)22-18(16)17-10-7-11-27-17/h4-11,13-14H,3,12H2,1-2H3,(H,21,24)/t14-/m1/s1. The summed E-state index contributed by atoms with van der Waals surface area (Å²) in [4.78, 5) is 25.4. The number of hydrogen-bond donors (Lipinski definition) is 1. The van der Waals surface area contributed by atoms with Crippen molar-refractivity contribution in [1.82, 2.24) is 15.1 Å². The van der Waals surface area contributed by atoms with E-state index in [0.717, 1.165) is 10.4 Å². The van der Waals surface area contributed by atoms with Crippen LogP contribution in [0, 0.1) is 0 Å². The second-order valence-electron chi connectivity index (χ2n) is 5.99. The molecule has 0 radical (unpaired) electrons. The van der Waals surface area contributed by atoms with E-state index < -0.39 is 12.1 Å². The summed E-state index contributed by atoms with van der Waals surface area (Å²) in [6.45, 7) is 4.39. The molecule has 2 aromatic heterocycles. The van der Waals surface area contributed by atoms with Gasteiger partial charge in [0.1, 0.15) is 11.3 Å². The first-order valence-electron chi connectivity index (χ1n) is 8.72. The lowest BCUT2D eigenvalue weighted by Gasteiger charge is -2.12. The summed E-state index contributed by atoms with van der Waals surface area (Å²) in [6.07, 6.45) is 0.806. The molecule has 0 unspecified atom stereocenters. The van der Waals surface area contributed by atoms with Crippen LogP contribution in [0.15, 0.2) is 54.0 Å². The maximum atomic E-state index is 12.7. The average Bonchev–Trinajstić information content (AvgIpc) is 3.32. The lowest BCUT2D eigenvalue weighted by Crippen LogP contribution is -2.35. The van der Waals surface area contributed by atoms with E-state index in [1.54, 1.807) is 17.8 Å². The molecule has 0 aliphatic rings. The van der Waals surface area contributed by atoms with E-state index >= 15 is 0 Å². The number of amides is 1. The molecule has 0 fully saturated rings. The molecule has 27 heavy (non-hydrogen) atoms. The van der Waals surface area contributed by atoms with Gasteiger partial charge in [-0.05, 0) is 30.9 Å². The van der Waals surface area contributed by atoms with Crippen LogP contribution in [0.3, 0.4) is 0 Å². The molecule has 1 aromatic carbocycles. The minimum absolute atomic E-state index is 0.319. The molecule has 0 saturated heterocycles. The van der Waals surface area contributed by atoms with Crippen molar-refractivity contribution >= 4 is 23.2 Å². The predicted molar refractivity (Wildman–Crippen MR) is 105 cm³/mol. The molecular formula is C20H21N3O3S. The van der Waals surface area contributed by atoms with Crippen molar-refractivity contribution in [3.05, 3.63) is 65.2 Å². The molecular weight excluding hydrogens is 362 g/mol. The van der Waals surface area contributed by atoms with Crippen LogP contribution in [-0.4, -0.2) is 34.3 Å². The fraction of sp³-hybridized carbons (Fsp3) is 0.250. The Morgan fingerprint density at radius 2 is 2.00 bits per heavy atom. The molecule has 3 aromatic rings. The van der Waals surface area contributed by atoms with Crippen molar-refractivity contribution in [2.45, 2.75) is 26.5 Å². The number of hydrogen-bond acceptors (Lipinski definition) is 5. The summed E-state index contributed by atoms with van der Waals surface area (Å²) in [7, 11) is 0. The van der Waals surface area contributed by atoms with Gasteiger partial charge in [-0.1, -0.05) is 36.4 Å². The quantitative estimate of drug-likeness (QED) is 0.635. The molecule has 140 valence electrons. The van der Waals surface area contributed by atoms with Crippen LogP contribution >= 0.6 is 11.3 Å². The lowest BCUT2D eigenvalue weighted by atomic mass is 10.2. The normalized spacial score (nSPS) is 11.8. The lowest BCUT2D eigenvalue weighted by molar-refractivity contribution is -0.128. The van der Waals surface area contributed by atoms with Crippen molar-refractivity contribution < 1.29 is 14.3 Å². The van der Waals surface area contributed by atoms with Crippen molar-refractivity contribution in [1.29, 1.82) is 0 Å². The summed E-state index contributed by atoms with van der Waals surface area (Å²) < 4.78 is 7.07. The number of nitrogens with one attached hydrogen (secondary N) is 1. The third kappa shape index (κ3) is 4.62. The highest BCUT2D eigenvalue weighted by atomic mass is 32.1. The van der Waals surface area contributed by atoms with Crippen LogP contribution in [0.25, 0.3) is 10.6 Å². The van der Waals surface area contributed by atoms with E-state index in [-0.39, 0.29) is 5.91 Å². The minimum atomic E-state index is -0.869. The molecule has 0 aliphatic carbocycles. The number of carbonyl (C=O) groups excluding carboxylic acids is 2. The van der Waals surface area contributed by atoms with E-state index in [4.69, 9.17) is 4.74 Å². The molecule has 1 N–H and O–H groups in total. The van der Waals surface area contributed by atoms with Gasteiger partial charge < -0.3 is 10.1 Å². The van der Waals surface area contributed by atoms with Gasteiger partial charge in [0, 0.05) is 12.7 Å². The van der Waals surface area contributed by atoms with Crippen molar-refractivity contribution in [2.75, 3.05) is 6.54 Å². The molecule has 3 rings (SSSR count). The molecule has 1 amide bonds. The Bertz CT molecular complexity index is 904. The Morgan fingerprint density at radius 1 is 1.22 bits per heavy atom. The Labute approximate surface area is 161 Å². The number of aromatic nitrogens is 2. The van der Waals surface area contributed by atoms with Gasteiger partial charge in [-0.2, -0.15) is 5.10 Å². The molecule has 2 heterocycles. The van der Waals surface area contributed by atoms with Crippen molar-refractivity contribution in [3.8, 4) is 10.6 Å². The van der Waals surface area contributed by atoms with Gasteiger partial charge in [-0.25, -0.2) is 4.79 Å². The zero-order valence-corrected chi connectivity index (χ0v) is 16.0. The van der Waals surface area contributed by atoms with E-state index in [1.165, 1.54) is 11.3 Å². The zero-order chi connectivity index (χ0) is 19.2. The van der Waals surface area contributed by atoms with E-state index in [0.29, 0.717) is 24.3 Å². The molecule has 1 atom stereocenters. The van der Waals surface area contributed by atoms with Crippen molar-refractivity contribution in [3.63, 3.8) is 0 Å². The number of ether oxygens (including phenoxy) is 1. The maximum Gasteiger partial charge on any atom is 0.342 e. The van der Waals surface area contributed by atoms with Crippen LogP contribution in [0.2, 0.25) is 0 Å². The van der Waals surface area contributed by atoms with Crippen LogP contribution in [0.1, 0.15) is 29.8 Å². The summed E-state index contributed by atoms with van der Waals surface area (Å²) in [5, 5.41) is 9.16. The number of carbonyl (C=O) groups is 2. The Morgan fingerprint density at radius 3 is 2.67 bits per heavy atom. The highest BCUT2D eigenvalue weighted by Gasteiger charge is 2.24. The third-order valence-corrected chi connectivity index (χ3v) is 4.80. The number of benzene rings is 1. The largest absolute Gasteiger partial charge is 0.449 e. The molecule has 7 heteroatoms. The van der Waals surface area contributed by atoms with Gasteiger partial charge >= 0.3 is 5.97 Å². The van der Waals surface area contributed by atoms with Gasteiger partial charge in [0.05, 0.1) is 11.4 Å². The van der Waals surface area contributed by atoms with Gasteiger partial charge in [0.25, 0.3) is 5.91 Å². The first kappa shape index (κ1) is 18.8. The zero-order valence-electron chi connectivity index (χ0n) is 15.2. The Kier molecular flexibility index (Phi) is 6.03. The number of likely N-dealkylation sites (N-methyl/N-ethyl adjacent to an activating group) is 1. The minimum Gasteiger partial charge on any atom is -0.449 e. The monoisotopic (exact) mass is 383 g/mol. The average molecular weight is 383 g/mol. The number of esters is 1. The number of nitrogens with zero attached hydrogens (tertiary/aromatic N) is 2. The van der Waals surface area contributed by atoms with E-state index in [9.17, 15) is 9.59 Å². The Balaban J connectivity index is 1.86.